The van der Waals surface area contributed by atoms with Crippen molar-refractivity contribution < 1.29 is 9.66 Å². The molecule has 0 fully saturated rings. The van der Waals surface area contributed by atoms with Crippen molar-refractivity contribution in [1.29, 1.82) is 0 Å². The van der Waals surface area contributed by atoms with Crippen LogP contribution in [0.2, 0.25) is 0 Å². The zero-order valence-corrected chi connectivity index (χ0v) is 15.6. The Morgan fingerprint density at radius 3 is 2.63 bits per heavy atom. The molecule has 140 valence electrons. The SMILES string of the molecule is COCc1cc([N+](=O)[O-])ccc1NCc1cc(N(C)C)nc2ccccc12. The maximum atomic E-state index is 11.0. The maximum Gasteiger partial charge on any atom is 0.269 e. The topological polar surface area (TPSA) is 80.5 Å². The highest BCUT2D eigenvalue weighted by molar-refractivity contribution is 5.84. The number of nitrogens with zero attached hydrogens (tertiary/aromatic N) is 3. The van der Waals surface area contributed by atoms with Crippen LogP contribution in [-0.2, 0) is 17.9 Å². The maximum absolute atomic E-state index is 11.0. The van der Waals surface area contributed by atoms with Gasteiger partial charge in [0.2, 0.25) is 0 Å². The Hall–Kier alpha value is -3.19. The molecule has 0 saturated heterocycles. The number of anilines is 2. The van der Waals surface area contributed by atoms with Crippen molar-refractivity contribution in [3.8, 4) is 0 Å². The lowest BCUT2D eigenvalue weighted by atomic mass is 10.1. The average Bonchev–Trinajstić information content (AvgIpc) is 2.66. The molecule has 7 nitrogen and oxygen atoms in total. The third-order valence-corrected chi connectivity index (χ3v) is 4.32. The lowest BCUT2D eigenvalue weighted by Crippen LogP contribution is -2.12. The third-order valence-electron chi connectivity index (χ3n) is 4.32. The quantitative estimate of drug-likeness (QED) is 0.503. The fraction of sp³-hybridized carbons (Fsp3) is 0.250. The van der Waals surface area contributed by atoms with E-state index < -0.39 is 4.92 Å². The number of non-ortho nitro benzene ring substituents is 1. The molecule has 0 amide bonds. The van der Waals surface area contributed by atoms with E-state index in [1.165, 1.54) is 6.07 Å². The Labute approximate surface area is 157 Å². The predicted octanol–water partition coefficient (Wildman–Crippen LogP) is 3.97. The van der Waals surface area contributed by atoms with Gasteiger partial charge in [-0.25, -0.2) is 4.98 Å². The number of hydrogen-bond donors (Lipinski definition) is 1. The number of ether oxygens (including phenoxy) is 1. The van der Waals surface area contributed by atoms with Gasteiger partial charge < -0.3 is 15.0 Å². The molecule has 0 aliphatic carbocycles. The van der Waals surface area contributed by atoms with Crippen LogP contribution in [0.4, 0.5) is 17.2 Å². The van der Waals surface area contributed by atoms with E-state index in [0.717, 1.165) is 33.5 Å². The number of para-hydroxylation sites is 1. The van der Waals surface area contributed by atoms with Gasteiger partial charge in [0.1, 0.15) is 5.82 Å². The minimum atomic E-state index is -0.400. The second-order valence-electron chi connectivity index (χ2n) is 6.44. The Morgan fingerprint density at radius 1 is 1.15 bits per heavy atom. The summed E-state index contributed by atoms with van der Waals surface area (Å²) < 4.78 is 5.20. The van der Waals surface area contributed by atoms with Gasteiger partial charge >= 0.3 is 0 Å². The summed E-state index contributed by atoms with van der Waals surface area (Å²) in [6.45, 7) is 0.864. The summed E-state index contributed by atoms with van der Waals surface area (Å²) in [5, 5.41) is 15.5. The summed E-state index contributed by atoms with van der Waals surface area (Å²) in [5.41, 5.74) is 3.65. The molecule has 0 unspecified atom stereocenters. The van der Waals surface area contributed by atoms with E-state index >= 15 is 0 Å². The lowest BCUT2D eigenvalue weighted by molar-refractivity contribution is -0.384. The number of fused-ring (bicyclic) bond motifs is 1. The van der Waals surface area contributed by atoms with Crippen LogP contribution in [0.3, 0.4) is 0 Å². The highest BCUT2D eigenvalue weighted by Gasteiger charge is 2.12. The minimum Gasteiger partial charge on any atom is -0.381 e. The van der Waals surface area contributed by atoms with Crippen LogP contribution < -0.4 is 10.2 Å². The molecular weight excluding hydrogens is 344 g/mol. The van der Waals surface area contributed by atoms with E-state index in [1.54, 1.807) is 19.2 Å². The summed E-state index contributed by atoms with van der Waals surface area (Å²) in [7, 11) is 5.49. The second kappa shape index (κ2) is 8.01. The molecule has 0 atom stereocenters. The molecule has 1 aromatic heterocycles. The van der Waals surface area contributed by atoms with Gasteiger partial charge in [-0.15, -0.1) is 0 Å². The van der Waals surface area contributed by atoms with Crippen LogP contribution in [0.15, 0.2) is 48.5 Å². The highest BCUT2D eigenvalue weighted by Crippen LogP contribution is 2.26. The third kappa shape index (κ3) is 4.15. The van der Waals surface area contributed by atoms with Gasteiger partial charge in [0, 0.05) is 56.5 Å². The van der Waals surface area contributed by atoms with Crippen molar-refractivity contribution in [2.75, 3.05) is 31.4 Å². The van der Waals surface area contributed by atoms with Gasteiger partial charge in [-0.05, 0) is 23.8 Å². The van der Waals surface area contributed by atoms with Crippen molar-refractivity contribution in [3.05, 3.63) is 69.8 Å². The first kappa shape index (κ1) is 18.6. The number of hydrogen-bond acceptors (Lipinski definition) is 6. The summed E-state index contributed by atoms with van der Waals surface area (Å²) >= 11 is 0. The van der Waals surface area contributed by atoms with Crippen LogP contribution in [-0.4, -0.2) is 31.1 Å². The number of nitro groups is 1. The van der Waals surface area contributed by atoms with E-state index in [4.69, 9.17) is 4.74 Å². The molecular formula is C20H22N4O3. The van der Waals surface area contributed by atoms with Crippen molar-refractivity contribution in [3.63, 3.8) is 0 Å². The molecule has 27 heavy (non-hydrogen) atoms. The lowest BCUT2D eigenvalue weighted by Gasteiger charge is -2.17. The van der Waals surface area contributed by atoms with Gasteiger partial charge in [-0.2, -0.15) is 0 Å². The molecule has 1 N–H and O–H groups in total. The number of benzene rings is 2. The van der Waals surface area contributed by atoms with E-state index in [-0.39, 0.29) is 5.69 Å². The Bertz CT molecular complexity index is 973. The van der Waals surface area contributed by atoms with E-state index in [1.807, 2.05) is 43.3 Å². The first-order chi connectivity index (χ1) is 13.0. The molecule has 0 aliphatic heterocycles. The molecule has 7 heteroatoms. The normalized spacial score (nSPS) is 10.8. The number of aromatic nitrogens is 1. The van der Waals surface area contributed by atoms with E-state index in [2.05, 4.69) is 16.4 Å². The van der Waals surface area contributed by atoms with Crippen LogP contribution in [0.5, 0.6) is 0 Å². The van der Waals surface area contributed by atoms with Crippen molar-refractivity contribution in [2.45, 2.75) is 13.2 Å². The first-order valence-corrected chi connectivity index (χ1v) is 8.55. The van der Waals surface area contributed by atoms with Gasteiger partial charge in [0.05, 0.1) is 17.0 Å². The van der Waals surface area contributed by atoms with E-state index in [0.29, 0.717) is 13.2 Å². The molecule has 3 rings (SSSR count). The first-order valence-electron chi connectivity index (χ1n) is 8.55. The standard InChI is InChI=1S/C20H22N4O3/c1-23(2)20-11-14(17-6-4-5-7-19(17)22-20)12-21-18-9-8-16(24(25)26)10-15(18)13-27-3/h4-11,21H,12-13H2,1-3H3. The zero-order valence-electron chi connectivity index (χ0n) is 15.6. The molecule has 3 aromatic rings. The Kier molecular flexibility index (Phi) is 5.52. The number of pyridine rings is 1. The van der Waals surface area contributed by atoms with Crippen molar-refractivity contribution >= 4 is 28.1 Å². The van der Waals surface area contributed by atoms with Crippen LogP contribution in [0, 0.1) is 10.1 Å². The molecule has 0 saturated carbocycles. The summed E-state index contributed by atoms with van der Waals surface area (Å²) in [6, 6.07) is 14.8. The van der Waals surface area contributed by atoms with Gasteiger partial charge in [-0.3, -0.25) is 10.1 Å². The fourth-order valence-electron chi connectivity index (χ4n) is 2.94. The Balaban J connectivity index is 1.93. The zero-order chi connectivity index (χ0) is 19.4. The number of methoxy groups -OCH3 is 1. The van der Waals surface area contributed by atoms with Crippen LogP contribution in [0.25, 0.3) is 10.9 Å². The smallest absolute Gasteiger partial charge is 0.269 e. The van der Waals surface area contributed by atoms with E-state index in [9.17, 15) is 10.1 Å². The van der Waals surface area contributed by atoms with Gasteiger partial charge in [0.25, 0.3) is 5.69 Å². The molecule has 1 heterocycles. The van der Waals surface area contributed by atoms with Crippen LogP contribution in [0.1, 0.15) is 11.1 Å². The van der Waals surface area contributed by atoms with Gasteiger partial charge in [-0.1, -0.05) is 18.2 Å². The fourth-order valence-corrected chi connectivity index (χ4v) is 2.94. The number of rotatable bonds is 7. The number of nitrogens with one attached hydrogen (secondary N) is 1. The summed E-state index contributed by atoms with van der Waals surface area (Å²) in [6.07, 6.45) is 0. The highest BCUT2D eigenvalue weighted by atomic mass is 16.6. The molecule has 0 aliphatic rings. The van der Waals surface area contributed by atoms with Gasteiger partial charge in [0.15, 0.2) is 0 Å². The summed E-state index contributed by atoms with van der Waals surface area (Å²) in [5.74, 6) is 0.881. The van der Waals surface area contributed by atoms with Crippen molar-refractivity contribution in [1.82, 2.24) is 4.98 Å². The molecule has 0 bridgehead atoms. The average molecular weight is 366 g/mol. The molecule has 0 spiro atoms. The molecule has 0 radical (unpaired) electrons. The second-order valence-corrected chi connectivity index (χ2v) is 6.44. The Morgan fingerprint density at radius 2 is 1.93 bits per heavy atom. The number of nitro benzene ring substituents is 1. The van der Waals surface area contributed by atoms with Crippen molar-refractivity contribution in [2.24, 2.45) is 0 Å². The predicted molar refractivity (Wildman–Crippen MR) is 107 cm³/mol. The largest absolute Gasteiger partial charge is 0.381 e. The summed E-state index contributed by atoms with van der Waals surface area (Å²) in [4.78, 5) is 17.3. The van der Waals surface area contributed by atoms with Crippen LogP contribution >= 0.6 is 0 Å². The minimum absolute atomic E-state index is 0.0526. The molecule has 2 aromatic carbocycles. The monoisotopic (exact) mass is 366 g/mol.